The molecule has 82 valence electrons. The topological polar surface area (TPSA) is 55.4 Å². The van der Waals surface area contributed by atoms with Crippen LogP contribution in [-0.2, 0) is 9.53 Å². The molecule has 1 unspecified atom stereocenters. The first-order valence-electron chi connectivity index (χ1n) is 4.97. The van der Waals surface area contributed by atoms with Gasteiger partial charge in [0.15, 0.2) is 5.76 Å². The highest BCUT2D eigenvalue weighted by atomic mass is 16.6. The lowest BCUT2D eigenvalue weighted by atomic mass is 10.0. The first-order valence-corrected chi connectivity index (χ1v) is 4.97. The molecule has 0 spiro atoms. The van der Waals surface area contributed by atoms with Crippen molar-refractivity contribution >= 4 is 12.0 Å². The summed E-state index contributed by atoms with van der Waals surface area (Å²) in [6.45, 7) is 1.93. The second kappa shape index (κ2) is 4.18. The van der Waals surface area contributed by atoms with Gasteiger partial charge in [-0.2, -0.15) is 0 Å². The van der Waals surface area contributed by atoms with Crippen molar-refractivity contribution in [3.8, 4) is 0 Å². The summed E-state index contributed by atoms with van der Waals surface area (Å²) in [6.07, 6.45) is 0.923. The Bertz CT molecular complexity index is 451. The summed E-state index contributed by atoms with van der Waals surface area (Å²) in [5.74, 6) is -0.387. The average molecular weight is 217 g/mol. The van der Waals surface area contributed by atoms with E-state index >= 15 is 0 Å². The molecule has 1 atom stereocenters. The Morgan fingerprint density at radius 1 is 1.25 bits per heavy atom. The monoisotopic (exact) mass is 217 g/mol. The first kappa shape index (κ1) is 10.4. The van der Waals surface area contributed by atoms with Crippen molar-refractivity contribution < 1.29 is 14.3 Å². The second-order valence-corrected chi connectivity index (χ2v) is 3.57. The molecule has 1 fully saturated rings. The van der Waals surface area contributed by atoms with Crippen LogP contribution < -0.4 is 5.32 Å². The fraction of sp³-hybridized carbons (Fsp3) is 0.167. The predicted molar refractivity (Wildman–Crippen MR) is 57.6 cm³/mol. The molecule has 1 aromatic carbocycles. The summed E-state index contributed by atoms with van der Waals surface area (Å²) in [4.78, 5) is 22.0. The lowest BCUT2D eigenvalue weighted by Crippen LogP contribution is -2.18. The number of imide groups is 1. The van der Waals surface area contributed by atoms with Crippen molar-refractivity contribution in [2.24, 2.45) is 0 Å². The van der Waals surface area contributed by atoms with Gasteiger partial charge in [0, 0.05) is 5.92 Å². The van der Waals surface area contributed by atoms with Gasteiger partial charge in [-0.3, -0.25) is 10.1 Å². The lowest BCUT2D eigenvalue weighted by Gasteiger charge is -2.06. The highest BCUT2D eigenvalue weighted by Gasteiger charge is 2.26. The van der Waals surface area contributed by atoms with Gasteiger partial charge in [-0.15, -0.1) is 0 Å². The van der Waals surface area contributed by atoms with Crippen LogP contribution in [0.15, 0.2) is 42.2 Å². The Hall–Kier alpha value is -2.10. The standard InChI is InChI=1S/C12H11NO3/c1-8(9-5-3-2-4-6-9)7-10-11(14)13-12(15)16-10/h2-8H,1H3,(H,13,14,15)/b10-7-. The molecule has 1 N–H and O–H groups in total. The molecule has 1 saturated heterocycles. The van der Waals surface area contributed by atoms with Crippen LogP contribution in [0.4, 0.5) is 4.79 Å². The van der Waals surface area contributed by atoms with E-state index in [1.807, 2.05) is 37.3 Å². The van der Waals surface area contributed by atoms with Crippen LogP contribution in [0.1, 0.15) is 18.4 Å². The molecule has 16 heavy (non-hydrogen) atoms. The van der Waals surface area contributed by atoms with Gasteiger partial charge in [0.2, 0.25) is 0 Å². The summed E-state index contributed by atoms with van der Waals surface area (Å²) in [6, 6.07) is 9.68. The van der Waals surface area contributed by atoms with E-state index in [1.165, 1.54) is 0 Å². The fourth-order valence-electron chi connectivity index (χ4n) is 1.52. The molecular formula is C12H11NO3. The number of ether oxygens (including phenoxy) is 1. The number of rotatable bonds is 2. The number of allylic oxidation sites excluding steroid dienone is 1. The number of carbonyl (C=O) groups excluding carboxylic acids is 2. The molecule has 4 nitrogen and oxygen atoms in total. The van der Waals surface area contributed by atoms with Gasteiger partial charge in [0.05, 0.1) is 0 Å². The Morgan fingerprint density at radius 2 is 1.94 bits per heavy atom. The zero-order chi connectivity index (χ0) is 11.5. The molecule has 0 radical (unpaired) electrons. The van der Waals surface area contributed by atoms with Crippen molar-refractivity contribution in [3.63, 3.8) is 0 Å². The SMILES string of the molecule is CC(/C=C1\OC(=O)NC1=O)c1ccccc1. The third kappa shape index (κ3) is 2.11. The van der Waals surface area contributed by atoms with E-state index in [4.69, 9.17) is 4.74 Å². The average Bonchev–Trinajstić information content (AvgIpc) is 2.59. The van der Waals surface area contributed by atoms with Crippen LogP contribution in [0.3, 0.4) is 0 Å². The lowest BCUT2D eigenvalue weighted by molar-refractivity contribution is -0.116. The summed E-state index contributed by atoms with van der Waals surface area (Å²) in [5.41, 5.74) is 1.06. The Kier molecular flexibility index (Phi) is 2.72. The van der Waals surface area contributed by atoms with E-state index in [1.54, 1.807) is 6.08 Å². The second-order valence-electron chi connectivity index (χ2n) is 3.57. The molecule has 4 heteroatoms. The minimum Gasteiger partial charge on any atom is -0.404 e. The largest absolute Gasteiger partial charge is 0.419 e. The van der Waals surface area contributed by atoms with E-state index in [2.05, 4.69) is 5.32 Å². The van der Waals surface area contributed by atoms with Crippen molar-refractivity contribution in [2.75, 3.05) is 0 Å². The van der Waals surface area contributed by atoms with E-state index in [-0.39, 0.29) is 11.7 Å². The fourth-order valence-corrected chi connectivity index (χ4v) is 1.52. The molecule has 0 aliphatic carbocycles. The Balaban J connectivity index is 2.18. The predicted octanol–water partition coefficient (Wildman–Crippen LogP) is 1.94. The van der Waals surface area contributed by atoms with Crippen molar-refractivity contribution in [1.82, 2.24) is 5.32 Å². The van der Waals surface area contributed by atoms with Crippen LogP contribution in [0.25, 0.3) is 0 Å². The molecule has 2 amide bonds. The number of benzene rings is 1. The summed E-state index contributed by atoms with van der Waals surface area (Å²) >= 11 is 0. The van der Waals surface area contributed by atoms with Crippen LogP contribution in [0, 0.1) is 0 Å². The van der Waals surface area contributed by atoms with E-state index in [0.717, 1.165) is 5.56 Å². The third-order valence-electron chi connectivity index (χ3n) is 2.37. The number of hydrogen-bond acceptors (Lipinski definition) is 3. The molecule has 0 saturated carbocycles. The van der Waals surface area contributed by atoms with E-state index in [9.17, 15) is 9.59 Å². The molecule has 1 heterocycles. The van der Waals surface area contributed by atoms with E-state index in [0.29, 0.717) is 0 Å². The molecule has 1 aromatic rings. The van der Waals surface area contributed by atoms with Gasteiger partial charge in [0.1, 0.15) is 0 Å². The molecule has 0 bridgehead atoms. The number of carbonyl (C=O) groups is 2. The van der Waals surface area contributed by atoms with Gasteiger partial charge in [-0.1, -0.05) is 37.3 Å². The number of alkyl carbamates (subject to hydrolysis) is 1. The normalized spacial score (nSPS) is 19.4. The third-order valence-corrected chi connectivity index (χ3v) is 2.37. The van der Waals surface area contributed by atoms with Crippen molar-refractivity contribution in [2.45, 2.75) is 12.8 Å². The van der Waals surface area contributed by atoms with Gasteiger partial charge < -0.3 is 4.74 Å². The Morgan fingerprint density at radius 3 is 2.50 bits per heavy atom. The number of nitrogens with one attached hydrogen (secondary N) is 1. The quantitative estimate of drug-likeness (QED) is 0.770. The smallest absolute Gasteiger partial charge is 0.404 e. The molecular weight excluding hydrogens is 206 g/mol. The van der Waals surface area contributed by atoms with Gasteiger partial charge in [-0.25, -0.2) is 4.79 Å². The summed E-state index contributed by atoms with van der Waals surface area (Å²) in [7, 11) is 0. The maximum atomic E-state index is 11.2. The minimum absolute atomic E-state index is 0.0212. The first-order chi connectivity index (χ1) is 7.66. The maximum Gasteiger partial charge on any atom is 0.419 e. The molecule has 1 aliphatic heterocycles. The molecule has 2 rings (SSSR count). The van der Waals surface area contributed by atoms with Crippen LogP contribution in [0.5, 0.6) is 0 Å². The van der Waals surface area contributed by atoms with Crippen LogP contribution in [-0.4, -0.2) is 12.0 Å². The zero-order valence-electron chi connectivity index (χ0n) is 8.77. The van der Waals surface area contributed by atoms with Crippen LogP contribution in [0.2, 0.25) is 0 Å². The summed E-state index contributed by atoms with van der Waals surface area (Å²) < 4.78 is 4.73. The van der Waals surface area contributed by atoms with Crippen LogP contribution >= 0.6 is 0 Å². The molecule has 0 aromatic heterocycles. The number of cyclic esters (lactones) is 1. The van der Waals surface area contributed by atoms with Crippen molar-refractivity contribution in [1.29, 1.82) is 0 Å². The van der Waals surface area contributed by atoms with Gasteiger partial charge in [-0.05, 0) is 11.6 Å². The minimum atomic E-state index is -0.712. The van der Waals surface area contributed by atoms with Gasteiger partial charge in [0.25, 0.3) is 5.91 Å². The molecule has 1 aliphatic rings. The Labute approximate surface area is 92.9 Å². The van der Waals surface area contributed by atoms with Gasteiger partial charge >= 0.3 is 6.09 Å². The van der Waals surface area contributed by atoms with Crippen molar-refractivity contribution in [3.05, 3.63) is 47.7 Å². The number of hydrogen-bond donors (Lipinski definition) is 1. The highest BCUT2D eigenvalue weighted by molar-refractivity contribution is 6.07. The summed E-state index contributed by atoms with van der Waals surface area (Å²) in [5, 5.41) is 2.06. The number of amides is 2. The van der Waals surface area contributed by atoms with E-state index < -0.39 is 12.0 Å². The highest BCUT2D eigenvalue weighted by Crippen LogP contribution is 2.19. The zero-order valence-corrected chi connectivity index (χ0v) is 8.77. The maximum absolute atomic E-state index is 11.2.